The van der Waals surface area contributed by atoms with Crippen LogP contribution < -0.4 is 10.6 Å². The normalized spacial score (nSPS) is 10.2. The predicted octanol–water partition coefficient (Wildman–Crippen LogP) is 2.56. The summed E-state index contributed by atoms with van der Waals surface area (Å²) in [4.78, 5) is 31.8. The highest BCUT2D eigenvalue weighted by Crippen LogP contribution is 2.14. The Labute approximate surface area is 148 Å². The molecule has 0 saturated carbocycles. The largest absolute Gasteiger partial charge is 0.465 e. The maximum absolute atomic E-state index is 12.2. The number of aromatic nitrogens is 3. The monoisotopic (exact) mass is 353 g/mol. The van der Waals surface area contributed by atoms with Crippen molar-refractivity contribution in [2.24, 2.45) is 0 Å². The van der Waals surface area contributed by atoms with Crippen LogP contribution in [0.25, 0.3) is 0 Å². The summed E-state index contributed by atoms with van der Waals surface area (Å²) >= 11 is 0. The number of nitrogens with zero attached hydrogens (tertiary/aromatic N) is 3. The molecule has 2 aromatic heterocycles. The van der Waals surface area contributed by atoms with Crippen molar-refractivity contribution in [2.75, 3.05) is 17.7 Å². The molecule has 26 heavy (non-hydrogen) atoms. The molecule has 0 aliphatic carbocycles. The number of hydrogen-bond donors (Lipinski definition) is 2. The molecule has 3 rings (SSSR count). The molecule has 9 heteroatoms. The van der Waals surface area contributed by atoms with E-state index in [9.17, 15) is 9.59 Å². The molecule has 2 N–H and O–H groups in total. The van der Waals surface area contributed by atoms with Crippen molar-refractivity contribution < 1.29 is 18.8 Å². The third-order valence-corrected chi connectivity index (χ3v) is 3.33. The zero-order chi connectivity index (χ0) is 18.5. The summed E-state index contributed by atoms with van der Waals surface area (Å²) in [5, 5.41) is 9.37. The highest BCUT2D eigenvalue weighted by molar-refractivity contribution is 6.03. The lowest BCUT2D eigenvalue weighted by Crippen LogP contribution is -2.14. The van der Waals surface area contributed by atoms with Gasteiger partial charge in [-0.2, -0.15) is 0 Å². The number of aryl methyl sites for hydroxylation is 1. The van der Waals surface area contributed by atoms with Gasteiger partial charge in [0.05, 0.1) is 25.1 Å². The summed E-state index contributed by atoms with van der Waals surface area (Å²) in [5.41, 5.74) is 1.05. The molecule has 1 aromatic carbocycles. The number of carbonyl (C=O) groups is 2. The molecule has 0 aliphatic heterocycles. The van der Waals surface area contributed by atoms with E-state index in [0.29, 0.717) is 28.6 Å². The summed E-state index contributed by atoms with van der Waals surface area (Å²) in [5.74, 6) is 0.720. The topological polar surface area (TPSA) is 119 Å². The highest BCUT2D eigenvalue weighted by Gasteiger charge is 2.10. The number of methoxy groups -OCH3 is 1. The van der Waals surface area contributed by atoms with Crippen molar-refractivity contribution >= 4 is 29.2 Å². The zero-order valence-electron chi connectivity index (χ0n) is 14.0. The number of anilines is 3. The fraction of sp³-hybridized carbons (Fsp3) is 0.118. The predicted molar refractivity (Wildman–Crippen MR) is 92.3 cm³/mol. The van der Waals surface area contributed by atoms with Crippen molar-refractivity contribution in [3.8, 4) is 0 Å². The Balaban J connectivity index is 1.63. The van der Waals surface area contributed by atoms with Gasteiger partial charge in [0.1, 0.15) is 17.3 Å². The van der Waals surface area contributed by atoms with Gasteiger partial charge in [-0.05, 0) is 31.2 Å². The number of carbonyl (C=O) groups excluding carboxylic acids is 2. The molecule has 1 amide bonds. The summed E-state index contributed by atoms with van der Waals surface area (Å²) < 4.78 is 9.56. The minimum atomic E-state index is -0.445. The van der Waals surface area contributed by atoms with Crippen LogP contribution in [-0.2, 0) is 4.74 Å². The van der Waals surface area contributed by atoms with Crippen molar-refractivity contribution in [1.29, 1.82) is 0 Å². The second kappa shape index (κ2) is 7.43. The number of nitrogens with one attached hydrogen (secondary N) is 2. The fourth-order valence-electron chi connectivity index (χ4n) is 2.07. The number of ether oxygens (including phenoxy) is 1. The summed E-state index contributed by atoms with van der Waals surface area (Å²) in [6.07, 6.45) is 2.76. The number of rotatable bonds is 5. The van der Waals surface area contributed by atoms with Crippen LogP contribution in [-0.4, -0.2) is 34.1 Å². The lowest BCUT2D eigenvalue weighted by molar-refractivity contribution is 0.0600. The van der Waals surface area contributed by atoms with Gasteiger partial charge in [0.25, 0.3) is 5.91 Å². The van der Waals surface area contributed by atoms with Crippen molar-refractivity contribution in [1.82, 2.24) is 15.1 Å². The molecule has 0 spiro atoms. The van der Waals surface area contributed by atoms with E-state index in [1.807, 2.05) is 0 Å². The summed E-state index contributed by atoms with van der Waals surface area (Å²) in [6, 6.07) is 8.02. The standard InChI is InChI=1S/C17H15N5O4/c1-10-7-14(22-26-10)21-15-9-18-13(8-19-15)16(23)20-12-5-3-11(4-6-12)17(24)25-2/h3-9H,1-2H3,(H,20,23)(H,19,21,22). The van der Waals surface area contributed by atoms with Gasteiger partial charge < -0.3 is 19.9 Å². The number of benzene rings is 1. The van der Waals surface area contributed by atoms with Gasteiger partial charge in [0.2, 0.25) is 0 Å². The molecule has 0 bridgehead atoms. The van der Waals surface area contributed by atoms with E-state index >= 15 is 0 Å². The molecule has 0 saturated heterocycles. The number of amides is 1. The molecule has 132 valence electrons. The van der Waals surface area contributed by atoms with Crippen LogP contribution in [0.3, 0.4) is 0 Å². The Morgan fingerprint density at radius 3 is 2.42 bits per heavy atom. The van der Waals surface area contributed by atoms with Gasteiger partial charge in [-0.15, -0.1) is 0 Å². The first kappa shape index (κ1) is 17.1. The van der Waals surface area contributed by atoms with Gasteiger partial charge in [0.15, 0.2) is 5.82 Å². The summed E-state index contributed by atoms with van der Waals surface area (Å²) in [6.45, 7) is 1.77. The molecule has 2 heterocycles. The Kier molecular flexibility index (Phi) is 4.88. The molecule has 9 nitrogen and oxygen atoms in total. The Hall–Kier alpha value is -3.75. The molecule has 0 fully saturated rings. The van der Waals surface area contributed by atoms with Crippen molar-refractivity contribution in [3.63, 3.8) is 0 Å². The van der Waals surface area contributed by atoms with Crippen LogP contribution in [0.5, 0.6) is 0 Å². The molecule has 0 atom stereocenters. The Morgan fingerprint density at radius 2 is 1.85 bits per heavy atom. The van der Waals surface area contributed by atoms with E-state index < -0.39 is 11.9 Å². The van der Waals surface area contributed by atoms with Crippen molar-refractivity contribution in [2.45, 2.75) is 6.92 Å². The second-order valence-electron chi connectivity index (χ2n) is 5.26. The molecule has 0 unspecified atom stereocenters. The van der Waals surface area contributed by atoms with E-state index in [0.717, 1.165) is 0 Å². The SMILES string of the molecule is COC(=O)c1ccc(NC(=O)c2cnc(Nc3cc(C)on3)cn2)cc1. The van der Waals surface area contributed by atoms with E-state index in [4.69, 9.17) is 4.52 Å². The lowest BCUT2D eigenvalue weighted by Gasteiger charge is -2.06. The van der Waals surface area contributed by atoms with Gasteiger partial charge in [-0.1, -0.05) is 5.16 Å². The average Bonchev–Trinajstić information content (AvgIpc) is 3.07. The number of esters is 1. The van der Waals surface area contributed by atoms with Crippen LogP contribution in [0.2, 0.25) is 0 Å². The summed E-state index contributed by atoms with van der Waals surface area (Å²) in [7, 11) is 1.30. The molecule has 3 aromatic rings. The Bertz CT molecular complexity index is 919. The quantitative estimate of drug-likeness (QED) is 0.672. The average molecular weight is 353 g/mol. The lowest BCUT2D eigenvalue weighted by atomic mass is 10.2. The van der Waals surface area contributed by atoms with Crippen LogP contribution >= 0.6 is 0 Å². The van der Waals surface area contributed by atoms with Crippen LogP contribution in [0.4, 0.5) is 17.3 Å². The van der Waals surface area contributed by atoms with Gasteiger partial charge >= 0.3 is 5.97 Å². The smallest absolute Gasteiger partial charge is 0.337 e. The molecular formula is C17H15N5O4. The third kappa shape index (κ3) is 4.01. The minimum absolute atomic E-state index is 0.143. The van der Waals surface area contributed by atoms with Gasteiger partial charge in [-0.3, -0.25) is 4.79 Å². The fourth-order valence-corrected chi connectivity index (χ4v) is 2.07. The first-order valence-corrected chi connectivity index (χ1v) is 7.57. The highest BCUT2D eigenvalue weighted by atomic mass is 16.5. The second-order valence-corrected chi connectivity index (χ2v) is 5.26. The Morgan fingerprint density at radius 1 is 1.08 bits per heavy atom. The van der Waals surface area contributed by atoms with Crippen LogP contribution in [0.1, 0.15) is 26.6 Å². The van der Waals surface area contributed by atoms with E-state index in [1.165, 1.54) is 19.5 Å². The zero-order valence-corrected chi connectivity index (χ0v) is 14.0. The maximum Gasteiger partial charge on any atom is 0.337 e. The number of hydrogen-bond acceptors (Lipinski definition) is 8. The van der Waals surface area contributed by atoms with E-state index in [-0.39, 0.29) is 5.69 Å². The van der Waals surface area contributed by atoms with Gasteiger partial charge in [-0.25, -0.2) is 14.8 Å². The first-order chi connectivity index (χ1) is 12.5. The first-order valence-electron chi connectivity index (χ1n) is 7.57. The van der Waals surface area contributed by atoms with E-state index in [1.54, 1.807) is 37.3 Å². The molecule has 0 radical (unpaired) electrons. The van der Waals surface area contributed by atoms with E-state index in [2.05, 4.69) is 30.5 Å². The third-order valence-electron chi connectivity index (χ3n) is 3.33. The minimum Gasteiger partial charge on any atom is -0.465 e. The molecule has 0 aliphatic rings. The molecular weight excluding hydrogens is 338 g/mol. The maximum atomic E-state index is 12.2. The van der Waals surface area contributed by atoms with Gasteiger partial charge in [0, 0.05) is 11.8 Å². The van der Waals surface area contributed by atoms with Crippen LogP contribution in [0, 0.1) is 6.92 Å². The van der Waals surface area contributed by atoms with Crippen molar-refractivity contribution in [3.05, 3.63) is 59.7 Å². The van der Waals surface area contributed by atoms with Crippen LogP contribution in [0.15, 0.2) is 47.2 Å².